The van der Waals surface area contributed by atoms with Crippen LogP contribution in [0, 0.1) is 0 Å². The highest BCUT2D eigenvalue weighted by atomic mass is 16.6. The number of aromatic nitrogens is 3. The fraction of sp³-hybridized carbons (Fsp3) is 0.296. The van der Waals surface area contributed by atoms with Gasteiger partial charge in [-0.05, 0) is 69.2 Å². The summed E-state index contributed by atoms with van der Waals surface area (Å²) in [4.78, 5) is 24.4. The van der Waals surface area contributed by atoms with Crippen LogP contribution in [0.5, 0.6) is 5.75 Å². The molecule has 0 aliphatic carbocycles. The lowest BCUT2D eigenvalue weighted by Crippen LogP contribution is -2.37. The van der Waals surface area contributed by atoms with E-state index in [4.69, 9.17) is 9.47 Å². The van der Waals surface area contributed by atoms with E-state index in [0.29, 0.717) is 5.75 Å². The van der Waals surface area contributed by atoms with E-state index >= 15 is 0 Å². The molecule has 174 valence electrons. The summed E-state index contributed by atoms with van der Waals surface area (Å²) < 4.78 is 12.8. The van der Waals surface area contributed by atoms with E-state index in [1.54, 1.807) is 30.3 Å². The van der Waals surface area contributed by atoms with Crippen molar-refractivity contribution in [3.8, 4) is 28.1 Å². The van der Waals surface area contributed by atoms with Crippen molar-refractivity contribution in [3.63, 3.8) is 0 Å². The molecule has 0 radical (unpaired) electrons. The molecule has 5 rings (SSSR count). The predicted octanol–water partition coefficient (Wildman–Crippen LogP) is 5.77. The van der Waals surface area contributed by atoms with Crippen LogP contribution < -0.4 is 9.64 Å². The predicted molar refractivity (Wildman–Crippen MR) is 133 cm³/mol. The second-order valence-electron chi connectivity index (χ2n) is 9.48. The Kier molecular flexibility index (Phi) is 5.48. The van der Waals surface area contributed by atoms with Crippen molar-refractivity contribution in [2.45, 2.75) is 32.8 Å². The Balaban J connectivity index is 1.65. The van der Waals surface area contributed by atoms with E-state index in [2.05, 4.69) is 20.9 Å². The minimum Gasteiger partial charge on any atom is -0.495 e. The maximum absolute atomic E-state index is 13.3. The molecule has 3 aromatic heterocycles. The highest BCUT2D eigenvalue weighted by Gasteiger charge is 2.24. The van der Waals surface area contributed by atoms with Gasteiger partial charge in [-0.25, -0.2) is 14.3 Å². The first kappa shape index (κ1) is 21.9. The summed E-state index contributed by atoms with van der Waals surface area (Å²) in [6.07, 6.45) is 6.05. The van der Waals surface area contributed by atoms with E-state index < -0.39 is 11.7 Å². The molecule has 1 aliphatic heterocycles. The van der Waals surface area contributed by atoms with Gasteiger partial charge in [0.1, 0.15) is 17.2 Å². The molecule has 1 saturated heterocycles. The van der Waals surface area contributed by atoms with E-state index in [1.165, 1.54) is 6.42 Å². The molecular formula is C27H28N4O3. The number of hydrogen-bond acceptors (Lipinski definition) is 6. The summed E-state index contributed by atoms with van der Waals surface area (Å²) >= 11 is 0. The minimum absolute atomic E-state index is 0.407. The van der Waals surface area contributed by atoms with Crippen LogP contribution in [0.1, 0.15) is 27.2 Å². The molecule has 34 heavy (non-hydrogen) atoms. The summed E-state index contributed by atoms with van der Waals surface area (Å²) in [6.45, 7) is 7.63. The lowest BCUT2D eigenvalue weighted by atomic mass is 10.1. The Labute approximate surface area is 199 Å². The molecule has 0 saturated carbocycles. The van der Waals surface area contributed by atoms with Crippen molar-refractivity contribution in [2.24, 2.45) is 0 Å². The standard InChI is InChI=1S/C27H28N4O3/c1-27(2,3)34-26(32)31-23-7-6-18(21-13-22(33-4)17-28-16-21)12-20(23)14-24(31)19-8-9-29-25(15-19)30-10-5-11-30/h6-9,12-17H,5,10-11H2,1-4H3. The average molecular weight is 457 g/mol. The third-order valence-electron chi connectivity index (χ3n) is 5.88. The van der Waals surface area contributed by atoms with Crippen LogP contribution in [0.25, 0.3) is 33.3 Å². The number of nitrogens with zero attached hydrogens (tertiary/aromatic N) is 4. The third-order valence-corrected chi connectivity index (χ3v) is 5.88. The number of methoxy groups -OCH3 is 1. The van der Waals surface area contributed by atoms with Crippen molar-refractivity contribution < 1.29 is 14.3 Å². The molecule has 0 unspecified atom stereocenters. The van der Waals surface area contributed by atoms with Gasteiger partial charge in [0.25, 0.3) is 0 Å². The average Bonchev–Trinajstić information content (AvgIpc) is 3.16. The van der Waals surface area contributed by atoms with Gasteiger partial charge in [0.15, 0.2) is 0 Å². The number of fused-ring (bicyclic) bond motifs is 1. The van der Waals surface area contributed by atoms with Crippen LogP contribution in [0.2, 0.25) is 0 Å². The highest BCUT2D eigenvalue weighted by Crippen LogP contribution is 2.34. The van der Waals surface area contributed by atoms with Crippen LogP contribution in [-0.4, -0.2) is 46.4 Å². The third kappa shape index (κ3) is 4.21. The van der Waals surface area contributed by atoms with Crippen molar-refractivity contribution in [3.05, 3.63) is 61.1 Å². The second-order valence-corrected chi connectivity index (χ2v) is 9.48. The zero-order valence-electron chi connectivity index (χ0n) is 19.9. The summed E-state index contributed by atoms with van der Waals surface area (Å²) in [6, 6.07) is 14.0. The Morgan fingerprint density at radius 1 is 0.971 bits per heavy atom. The first-order valence-electron chi connectivity index (χ1n) is 11.4. The normalized spacial score (nSPS) is 13.6. The molecule has 0 bridgehead atoms. The molecule has 4 aromatic rings. The number of rotatable bonds is 4. The molecular weight excluding hydrogens is 428 g/mol. The molecule has 0 spiro atoms. The molecule has 7 nitrogen and oxygen atoms in total. The van der Waals surface area contributed by atoms with Gasteiger partial charge in [0.05, 0.1) is 24.5 Å². The minimum atomic E-state index is -0.613. The van der Waals surface area contributed by atoms with Gasteiger partial charge >= 0.3 is 6.09 Å². The fourth-order valence-corrected chi connectivity index (χ4v) is 4.10. The van der Waals surface area contributed by atoms with Gasteiger partial charge in [0, 0.05) is 42.0 Å². The summed E-state index contributed by atoms with van der Waals surface area (Å²) in [7, 11) is 1.63. The fourth-order valence-electron chi connectivity index (χ4n) is 4.10. The number of carbonyl (C=O) groups excluding carboxylic acids is 1. The zero-order valence-corrected chi connectivity index (χ0v) is 19.9. The Bertz CT molecular complexity index is 1370. The lowest BCUT2D eigenvalue weighted by molar-refractivity contribution is 0.0547. The van der Waals surface area contributed by atoms with Gasteiger partial charge in [-0.3, -0.25) is 4.98 Å². The van der Waals surface area contributed by atoms with Crippen molar-refractivity contribution >= 4 is 22.8 Å². The molecule has 7 heteroatoms. The van der Waals surface area contributed by atoms with Crippen LogP contribution in [0.15, 0.2) is 61.1 Å². The Morgan fingerprint density at radius 3 is 2.50 bits per heavy atom. The van der Waals surface area contributed by atoms with Crippen LogP contribution in [0.3, 0.4) is 0 Å². The smallest absolute Gasteiger partial charge is 0.419 e. The van der Waals surface area contributed by atoms with E-state index in [-0.39, 0.29) is 0 Å². The van der Waals surface area contributed by atoms with Gasteiger partial charge in [-0.15, -0.1) is 0 Å². The number of hydrogen-bond donors (Lipinski definition) is 0. The van der Waals surface area contributed by atoms with Crippen molar-refractivity contribution in [2.75, 3.05) is 25.1 Å². The maximum atomic E-state index is 13.3. The number of ether oxygens (including phenoxy) is 2. The summed E-state index contributed by atoms with van der Waals surface area (Å²) in [5, 5.41) is 0.934. The Hall–Kier alpha value is -3.87. The molecule has 1 fully saturated rings. The maximum Gasteiger partial charge on any atom is 0.419 e. The van der Waals surface area contributed by atoms with Crippen molar-refractivity contribution in [1.29, 1.82) is 0 Å². The van der Waals surface area contributed by atoms with Gasteiger partial charge in [0.2, 0.25) is 0 Å². The van der Waals surface area contributed by atoms with Crippen LogP contribution in [0.4, 0.5) is 10.6 Å². The molecule has 1 aromatic carbocycles. The lowest BCUT2D eigenvalue weighted by Gasteiger charge is -2.32. The Morgan fingerprint density at radius 2 is 1.79 bits per heavy atom. The first-order chi connectivity index (χ1) is 16.3. The molecule has 0 atom stereocenters. The van der Waals surface area contributed by atoms with E-state index in [0.717, 1.165) is 52.2 Å². The SMILES string of the molecule is COc1cncc(-c2ccc3c(c2)cc(-c2ccnc(N4CCC4)c2)n3C(=O)OC(C)(C)C)c1. The summed E-state index contributed by atoms with van der Waals surface area (Å²) in [5.41, 5.74) is 3.79. The topological polar surface area (TPSA) is 69.5 Å². The summed E-state index contributed by atoms with van der Waals surface area (Å²) in [5.74, 6) is 1.62. The van der Waals surface area contributed by atoms with Crippen LogP contribution in [-0.2, 0) is 4.74 Å². The largest absolute Gasteiger partial charge is 0.495 e. The number of carbonyl (C=O) groups is 1. The van der Waals surface area contributed by atoms with Gasteiger partial charge < -0.3 is 14.4 Å². The quantitative estimate of drug-likeness (QED) is 0.388. The first-order valence-corrected chi connectivity index (χ1v) is 11.4. The number of benzene rings is 1. The van der Waals surface area contributed by atoms with Crippen LogP contribution >= 0.6 is 0 Å². The van der Waals surface area contributed by atoms with Gasteiger partial charge in [-0.1, -0.05) is 6.07 Å². The van der Waals surface area contributed by atoms with Gasteiger partial charge in [-0.2, -0.15) is 0 Å². The zero-order chi connectivity index (χ0) is 23.9. The van der Waals surface area contributed by atoms with E-state index in [9.17, 15) is 4.79 Å². The number of pyridine rings is 2. The molecule has 1 aliphatic rings. The second kappa shape index (κ2) is 8.48. The monoisotopic (exact) mass is 456 g/mol. The molecule has 0 amide bonds. The molecule has 0 N–H and O–H groups in total. The molecule has 4 heterocycles. The highest BCUT2D eigenvalue weighted by molar-refractivity contribution is 5.98. The number of anilines is 1. The van der Waals surface area contributed by atoms with Crippen molar-refractivity contribution in [1.82, 2.24) is 14.5 Å². The van der Waals surface area contributed by atoms with E-state index in [1.807, 2.05) is 57.2 Å².